The van der Waals surface area contributed by atoms with Crippen molar-refractivity contribution in [1.82, 2.24) is 0 Å². The minimum absolute atomic E-state index is 0.685. The number of nitrogen functional groups attached to an aromatic ring is 1. The van der Waals surface area contributed by atoms with E-state index in [2.05, 4.69) is 6.92 Å². The molecule has 72 valence electrons. The van der Waals surface area contributed by atoms with Crippen LogP contribution >= 0.6 is 11.3 Å². The first-order valence-electron chi connectivity index (χ1n) is 4.52. The van der Waals surface area contributed by atoms with Gasteiger partial charge in [0.05, 0.1) is 5.69 Å². The molecule has 0 aliphatic heterocycles. The van der Waals surface area contributed by atoms with Gasteiger partial charge in [0.1, 0.15) is 6.29 Å². The van der Waals surface area contributed by atoms with Crippen LogP contribution in [0.2, 0.25) is 0 Å². The smallest absolute Gasteiger partial charge is 0.150 e. The Hall–Kier alpha value is -1.35. The fourth-order valence-corrected chi connectivity index (χ4v) is 2.57. The maximum Gasteiger partial charge on any atom is 0.150 e. The van der Waals surface area contributed by atoms with E-state index in [0.717, 1.165) is 28.5 Å². The highest BCUT2D eigenvalue weighted by Gasteiger charge is 2.07. The molecule has 0 amide bonds. The summed E-state index contributed by atoms with van der Waals surface area (Å²) in [6, 6.07) is 5.64. The minimum Gasteiger partial charge on any atom is -0.397 e. The molecule has 2 aromatic rings. The van der Waals surface area contributed by atoms with Crippen LogP contribution in [0.1, 0.15) is 22.2 Å². The third kappa shape index (κ3) is 1.30. The van der Waals surface area contributed by atoms with Crippen molar-refractivity contribution in [1.29, 1.82) is 0 Å². The van der Waals surface area contributed by atoms with E-state index in [1.54, 1.807) is 11.3 Å². The van der Waals surface area contributed by atoms with Gasteiger partial charge in [-0.05, 0) is 18.6 Å². The molecule has 0 bridgehead atoms. The van der Waals surface area contributed by atoms with Crippen molar-refractivity contribution in [2.75, 3.05) is 5.73 Å². The second-order valence-corrected chi connectivity index (χ2v) is 4.30. The van der Waals surface area contributed by atoms with E-state index >= 15 is 0 Å². The van der Waals surface area contributed by atoms with E-state index < -0.39 is 0 Å². The first-order chi connectivity index (χ1) is 6.76. The number of carbonyl (C=O) groups is 1. The number of benzene rings is 1. The topological polar surface area (TPSA) is 43.1 Å². The Morgan fingerprint density at radius 3 is 2.93 bits per heavy atom. The Balaban J connectivity index is 2.73. The summed E-state index contributed by atoms with van der Waals surface area (Å²) in [7, 11) is 0. The van der Waals surface area contributed by atoms with Crippen LogP contribution in [0, 0.1) is 0 Å². The molecule has 2 nitrogen and oxygen atoms in total. The summed E-state index contributed by atoms with van der Waals surface area (Å²) < 4.78 is 1.16. The average Bonchev–Trinajstić information content (AvgIpc) is 2.55. The fourth-order valence-electron chi connectivity index (χ4n) is 1.52. The normalized spacial score (nSPS) is 10.6. The quantitative estimate of drug-likeness (QED) is 0.766. The Morgan fingerprint density at radius 1 is 1.50 bits per heavy atom. The highest BCUT2D eigenvalue weighted by Crippen LogP contribution is 2.34. The summed E-state index contributed by atoms with van der Waals surface area (Å²) in [5.41, 5.74) is 7.48. The molecular formula is C11H11NOS. The van der Waals surface area contributed by atoms with Gasteiger partial charge in [-0.1, -0.05) is 13.0 Å². The zero-order valence-electron chi connectivity index (χ0n) is 7.91. The fraction of sp³-hybridized carbons (Fsp3) is 0.182. The number of aryl methyl sites for hydroxylation is 1. The molecule has 0 saturated heterocycles. The molecule has 3 heteroatoms. The van der Waals surface area contributed by atoms with Crippen molar-refractivity contribution in [2.45, 2.75) is 13.3 Å². The summed E-state index contributed by atoms with van der Waals surface area (Å²) in [5.74, 6) is 0. The Bertz CT molecular complexity index is 487. The van der Waals surface area contributed by atoms with Gasteiger partial charge in [-0.25, -0.2) is 0 Å². The molecule has 0 aliphatic rings. The van der Waals surface area contributed by atoms with Crippen LogP contribution < -0.4 is 5.73 Å². The molecule has 0 unspecified atom stereocenters. The third-order valence-corrected chi connectivity index (χ3v) is 3.62. The van der Waals surface area contributed by atoms with Crippen LogP contribution in [0.5, 0.6) is 0 Å². The van der Waals surface area contributed by atoms with Gasteiger partial charge in [-0.15, -0.1) is 11.3 Å². The lowest BCUT2D eigenvalue weighted by molar-refractivity contribution is 0.112. The molecule has 2 rings (SSSR count). The molecule has 0 aliphatic carbocycles. The van der Waals surface area contributed by atoms with Crippen LogP contribution in [0.25, 0.3) is 10.1 Å². The van der Waals surface area contributed by atoms with E-state index in [4.69, 9.17) is 5.73 Å². The van der Waals surface area contributed by atoms with Gasteiger partial charge >= 0.3 is 0 Å². The predicted octanol–water partition coefficient (Wildman–Crippen LogP) is 2.86. The molecule has 14 heavy (non-hydrogen) atoms. The number of nitrogens with two attached hydrogens (primary N) is 1. The van der Waals surface area contributed by atoms with Gasteiger partial charge in [0, 0.05) is 20.5 Å². The number of hydrogen-bond acceptors (Lipinski definition) is 3. The molecule has 1 aromatic heterocycles. The molecule has 2 N–H and O–H groups in total. The maximum absolute atomic E-state index is 10.6. The Labute approximate surface area is 86.3 Å². The van der Waals surface area contributed by atoms with E-state index in [1.807, 2.05) is 18.2 Å². The number of rotatable bonds is 2. The largest absolute Gasteiger partial charge is 0.397 e. The predicted molar refractivity (Wildman–Crippen MR) is 61.0 cm³/mol. The standard InChI is InChI=1S/C11H11NOS/c1-2-9-11(12)8-5-7(6-13)3-4-10(8)14-9/h3-6H,2,12H2,1H3. The average molecular weight is 205 g/mol. The van der Waals surface area contributed by atoms with Crippen molar-refractivity contribution in [2.24, 2.45) is 0 Å². The van der Waals surface area contributed by atoms with Gasteiger partial charge in [0.25, 0.3) is 0 Å². The number of anilines is 1. The lowest BCUT2D eigenvalue weighted by Crippen LogP contribution is -1.87. The van der Waals surface area contributed by atoms with Crippen molar-refractivity contribution < 1.29 is 4.79 Å². The molecule has 0 radical (unpaired) electrons. The number of aldehydes is 1. The lowest BCUT2D eigenvalue weighted by atomic mass is 10.1. The van der Waals surface area contributed by atoms with Crippen LogP contribution in [0.3, 0.4) is 0 Å². The zero-order chi connectivity index (χ0) is 10.1. The van der Waals surface area contributed by atoms with Crippen LogP contribution in [-0.2, 0) is 6.42 Å². The van der Waals surface area contributed by atoms with Gasteiger partial charge in [0.2, 0.25) is 0 Å². The van der Waals surface area contributed by atoms with Gasteiger partial charge in [0.15, 0.2) is 0 Å². The summed E-state index contributed by atoms with van der Waals surface area (Å²) in [6.45, 7) is 2.09. The van der Waals surface area contributed by atoms with Crippen LogP contribution in [-0.4, -0.2) is 6.29 Å². The minimum atomic E-state index is 0.685. The SMILES string of the molecule is CCc1sc2ccc(C=O)cc2c1N. The molecule has 0 fully saturated rings. The van der Waals surface area contributed by atoms with Crippen molar-refractivity contribution in [3.8, 4) is 0 Å². The summed E-state index contributed by atoms with van der Waals surface area (Å²) in [4.78, 5) is 11.8. The monoisotopic (exact) mass is 205 g/mol. The number of thiophene rings is 1. The zero-order valence-corrected chi connectivity index (χ0v) is 8.73. The first kappa shape index (κ1) is 9.21. The van der Waals surface area contributed by atoms with E-state index in [9.17, 15) is 4.79 Å². The molecule has 1 heterocycles. The Kier molecular flexibility index (Phi) is 2.25. The second-order valence-electron chi connectivity index (χ2n) is 3.17. The highest BCUT2D eigenvalue weighted by atomic mass is 32.1. The number of fused-ring (bicyclic) bond motifs is 1. The maximum atomic E-state index is 10.6. The third-order valence-electron chi connectivity index (χ3n) is 2.28. The number of carbonyl (C=O) groups excluding carboxylic acids is 1. The van der Waals surface area contributed by atoms with E-state index in [-0.39, 0.29) is 0 Å². The Morgan fingerprint density at radius 2 is 2.29 bits per heavy atom. The summed E-state index contributed by atoms with van der Waals surface area (Å²) in [6.07, 6.45) is 1.80. The second kappa shape index (κ2) is 3.42. The van der Waals surface area contributed by atoms with E-state index in [0.29, 0.717) is 5.56 Å². The van der Waals surface area contributed by atoms with Crippen molar-refractivity contribution in [3.05, 3.63) is 28.6 Å². The molecule has 0 saturated carbocycles. The highest BCUT2D eigenvalue weighted by molar-refractivity contribution is 7.19. The molecular weight excluding hydrogens is 194 g/mol. The van der Waals surface area contributed by atoms with Gasteiger partial charge < -0.3 is 5.73 Å². The number of hydrogen-bond donors (Lipinski definition) is 1. The summed E-state index contributed by atoms with van der Waals surface area (Å²) >= 11 is 1.70. The van der Waals surface area contributed by atoms with Crippen LogP contribution in [0.4, 0.5) is 5.69 Å². The van der Waals surface area contributed by atoms with Crippen molar-refractivity contribution in [3.63, 3.8) is 0 Å². The lowest BCUT2D eigenvalue weighted by Gasteiger charge is -1.94. The summed E-state index contributed by atoms with van der Waals surface area (Å²) in [5, 5.41) is 1.01. The molecule has 1 aromatic carbocycles. The molecule has 0 spiro atoms. The molecule has 0 atom stereocenters. The van der Waals surface area contributed by atoms with Crippen LogP contribution in [0.15, 0.2) is 18.2 Å². The van der Waals surface area contributed by atoms with Gasteiger partial charge in [-0.2, -0.15) is 0 Å². The first-order valence-corrected chi connectivity index (χ1v) is 5.34. The van der Waals surface area contributed by atoms with E-state index in [1.165, 1.54) is 4.88 Å². The van der Waals surface area contributed by atoms with Gasteiger partial charge in [-0.3, -0.25) is 4.79 Å². The van der Waals surface area contributed by atoms with Crippen molar-refractivity contribution >= 4 is 33.4 Å².